The summed E-state index contributed by atoms with van der Waals surface area (Å²) in [5, 5.41) is 4.98. The number of nitrogens with zero attached hydrogens (tertiary/aromatic N) is 4. The molecule has 3 aromatic carbocycles. The third kappa shape index (κ3) is 7.45. The lowest BCUT2D eigenvalue weighted by Gasteiger charge is -2.24. The highest BCUT2D eigenvalue weighted by molar-refractivity contribution is 7.07. The van der Waals surface area contributed by atoms with Gasteiger partial charge in [0.2, 0.25) is 0 Å². The summed E-state index contributed by atoms with van der Waals surface area (Å²) in [6.07, 6.45) is 6.16. The van der Waals surface area contributed by atoms with Crippen molar-refractivity contribution in [1.29, 1.82) is 0 Å². The molecule has 2 aromatic heterocycles. The zero-order valence-electron chi connectivity index (χ0n) is 29.8. The zero-order chi connectivity index (χ0) is 36.9. The summed E-state index contributed by atoms with van der Waals surface area (Å²) < 4.78 is 20.1. The van der Waals surface area contributed by atoms with Gasteiger partial charge >= 0.3 is 11.9 Å². The zero-order valence-corrected chi connectivity index (χ0v) is 30.6. The number of allylic oxidation sites excluding steroid dienone is 1. The Balaban J connectivity index is 1.49. The van der Waals surface area contributed by atoms with Gasteiger partial charge in [-0.25, -0.2) is 19.3 Å². The van der Waals surface area contributed by atoms with Crippen molar-refractivity contribution in [2.75, 3.05) is 20.3 Å². The quantitative estimate of drug-likeness (QED) is 0.109. The van der Waals surface area contributed by atoms with Gasteiger partial charge in [0.25, 0.3) is 5.56 Å². The first kappa shape index (κ1) is 36.0. The SMILES string of the molecule is C=CCOC(=O)C1=C(C)N=c2sc(=Cc3cn(-c4ccccc4)nc3-c3ccc(OCCC(C)C)c(C)c3)c(=O)n2C1c1ccc(C(=O)OC)cc1. The number of carbonyl (C=O) groups is 2. The topological polar surface area (TPSA) is 114 Å². The highest BCUT2D eigenvalue weighted by Gasteiger charge is 2.33. The van der Waals surface area contributed by atoms with Gasteiger partial charge in [-0.2, -0.15) is 5.10 Å². The molecule has 3 heterocycles. The highest BCUT2D eigenvalue weighted by Crippen LogP contribution is 2.32. The van der Waals surface area contributed by atoms with Crippen LogP contribution >= 0.6 is 11.3 Å². The Morgan fingerprint density at radius 1 is 1.02 bits per heavy atom. The molecule has 11 heteroatoms. The number of hydrogen-bond acceptors (Lipinski definition) is 9. The summed E-state index contributed by atoms with van der Waals surface area (Å²) in [5.41, 5.74) is 5.36. The van der Waals surface area contributed by atoms with Gasteiger partial charge < -0.3 is 14.2 Å². The van der Waals surface area contributed by atoms with Crippen LogP contribution in [0.4, 0.5) is 0 Å². The predicted octanol–water partition coefficient (Wildman–Crippen LogP) is 6.34. The van der Waals surface area contributed by atoms with Crippen LogP contribution < -0.4 is 19.6 Å². The number of aryl methyl sites for hydroxylation is 1. The molecule has 1 atom stereocenters. The number of ether oxygens (including phenoxy) is 3. The van der Waals surface area contributed by atoms with E-state index in [1.165, 1.54) is 29.1 Å². The maximum absolute atomic E-state index is 14.5. The number of methoxy groups -OCH3 is 1. The van der Waals surface area contributed by atoms with Crippen molar-refractivity contribution >= 4 is 29.4 Å². The molecule has 5 aromatic rings. The average molecular weight is 717 g/mol. The van der Waals surface area contributed by atoms with E-state index >= 15 is 0 Å². The number of rotatable bonds is 12. The van der Waals surface area contributed by atoms with Gasteiger partial charge in [-0.1, -0.05) is 68.2 Å². The minimum absolute atomic E-state index is 0.00721. The molecule has 1 unspecified atom stereocenters. The monoisotopic (exact) mass is 716 g/mol. The van der Waals surface area contributed by atoms with Gasteiger partial charge in [0.15, 0.2) is 4.80 Å². The molecular weight excluding hydrogens is 677 g/mol. The molecule has 1 aliphatic rings. The molecule has 1 aliphatic heterocycles. The summed E-state index contributed by atoms with van der Waals surface area (Å²) in [6.45, 7) is 12.3. The van der Waals surface area contributed by atoms with Crippen LogP contribution in [0.15, 0.2) is 113 Å². The minimum Gasteiger partial charge on any atom is -0.493 e. The van der Waals surface area contributed by atoms with E-state index in [9.17, 15) is 14.4 Å². The molecule has 6 rings (SSSR count). The molecule has 0 radical (unpaired) electrons. The second-order valence-electron chi connectivity index (χ2n) is 12.8. The Labute approximate surface area is 305 Å². The van der Waals surface area contributed by atoms with Crippen LogP contribution in [0.25, 0.3) is 23.0 Å². The van der Waals surface area contributed by atoms with Crippen LogP contribution in [0, 0.1) is 12.8 Å². The van der Waals surface area contributed by atoms with Crippen LogP contribution in [0.2, 0.25) is 0 Å². The van der Waals surface area contributed by atoms with Crippen LogP contribution in [0.1, 0.15) is 60.3 Å². The van der Waals surface area contributed by atoms with E-state index in [-0.39, 0.29) is 17.7 Å². The summed E-state index contributed by atoms with van der Waals surface area (Å²) in [6, 6.07) is 21.5. The van der Waals surface area contributed by atoms with Gasteiger partial charge in [-0.15, -0.1) is 0 Å². The number of fused-ring (bicyclic) bond motifs is 1. The van der Waals surface area contributed by atoms with Crippen LogP contribution in [-0.2, 0) is 14.3 Å². The maximum Gasteiger partial charge on any atom is 0.338 e. The van der Waals surface area contributed by atoms with Crippen LogP contribution in [-0.4, -0.2) is 46.6 Å². The fourth-order valence-corrected chi connectivity index (χ4v) is 7.00. The van der Waals surface area contributed by atoms with E-state index in [0.29, 0.717) is 44.4 Å². The number of benzene rings is 3. The Kier molecular flexibility index (Phi) is 10.8. The molecule has 0 spiro atoms. The third-order valence-electron chi connectivity index (χ3n) is 8.67. The fourth-order valence-electron chi connectivity index (χ4n) is 5.96. The van der Waals surface area contributed by atoms with E-state index in [1.54, 1.807) is 35.9 Å². The van der Waals surface area contributed by atoms with Crippen molar-refractivity contribution in [3.8, 4) is 22.7 Å². The molecule has 0 saturated heterocycles. The van der Waals surface area contributed by atoms with Crippen molar-refractivity contribution < 1.29 is 23.8 Å². The van der Waals surface area contributed by atoms with Crippen molar-refractivity contribution in [2.24, 2.45) is 10.9 Å². The van der Waals surface area contributed by atoms with Crippen LogP contribution in [0.5, 0.6) is 5.75 Å². The lowest BCUT2D eigenvalue weighted by molar-refractivity contribution is -0.138. The summed E-state index contributed by atoms with van der Waals surface area (Å²) in [7, 11) is 1.31. The average Bonchev–Trinajstić information content (AvgIpc) is 3.70. The third-order valence-corrected chi connectivity index (χ3v) is 9.66. The van der Waals surface area contributed by atoms with Crippen LogP contribution in [0.3, 0.4) is 0 Å². The van der Waals surface area contributed by atoms with E-state index in [2.05, 4.69) is 20.4 Å². The van der Waals surface area contributed by atoms with E-state index in [0.717, 1.165) is 34.5 Å². The lowest BCUT2D eigenvalue weighted by Crippen LogP contribution is -2.40. The normalized spacial score (nSPS) is 14.2. The predicted molar refractivity (Wildman–Crippen MR) is 201 cm³/mol. The Hall–Kier alpha value is -5.81. The molecule has 0 bridgehead atoms. The molecule has 0 saturated carbocycles. The number of thiazole rings is 1. The Morgan fingerprint density at radius 3 is 2.44 bits per heavy atom. The number of carbonyl (C=O) groups excluding carboxylic acids is 2. The van der Waals surface area contributed by atoms with Gasteiger partial charge in [0.1, 0.15) is 18.1 Å². The molecule has 10 nitrogen and oxygen atoms in total. The van der Waals surface area contributed by atoms with E-state index in [4.69, 9.17) is 24.3 Å². The van der Waals surface area contributed by atoms with Crippen molar-refractivity contribution in [2.45, 2.75) is 40.2 Å². The van der Waals surface area contributed by atoms with Gasteiger partial charge in [-0.3, -0.25) is 9.36 Å². The molecular formula is C41H40N4O6S. The summed E-state index contributed by atoms with van der Waals surface area (Å²) in [4.78, 5) is 45.3. The van der Waals surface area contributed by atoms with Crippen molar-refractivity contribution in [3.63, 3.8) is 0 Å². The maximum atomic E-state index is 14.5. The first-order valence-electron chi connectivity index (χ1n) is 17.0. The first-order valence-corrected chi connectivity index (χ1v) is 17.8. The molecule has 266 valence electrons. The molecule has 0 fully saturated rings. The van der Waals surface area contributed by atoms with Crippen molar-refractivity contribution in [1.82, 2.24) is 14.3 Å². The highest BCUT2D eigenvalue weighted by atomic mass is 32.1. The molecule has 0 N–H and O–H groups in total. The Bertz CT molecular complexity index is 2350. The van der Waals surface area contributed by atoms with Crippen molar-refractivity contribution in [3.05, 3.63) is 145 Å². The number of hydrogen-bond donors (Lipinski definition) is 0. The number of esters is 2. The lowest BCUT2D eigenvalue weighted by atomic mass is 9.95. The summed E-state index contributed by atoms with van der Waals surface area (Å²) >= 11 is 1.22. The minimum atomic E-state index is -0.861. The first-order chi connectivity index (χ1) is 25.1. The fraction of sp³-hybridized carbons (Fsp3) is 0.244. The number of aromatic nitrogens is 3. The molecule has 0 amide bonds. The Morgan fingerprint density at radius 2 is 1.77 bits per heavy atom. The smallest absolute Gasteiger partial charge is 0.338 e. The molecule has 52 heavy (non-hydrogen) atoms. The van der Waals surface area contributed by atoms with Gasteiger partial charge in [0, 0.05) is 17.3 Å². The standard InChI is InChI=1S/C41H40N4O6S/c1-7-20-51-40(48)35-27(5)42-41-45(37(35)28-13-15-29(16-14-28)39(47)49-6)38(46)34(52-41)23-31-24-44(32-11-9-8-10-12-32)43-36(31)30-17-18-33(26(4)22-30)50-21-19-25(2)3/h7-18,22-25,37H,1,19-21H2,2-6H3. The molecule has 0 aliphatic carbocycles. The summed E-state index contributed by atoms with van der Waals surface area (Å²) in [5.74, 6) is 0.248. The number of para-hydroxylation sites is 1. The van der Waals surface area contributed by atoms with E-state index < -0.39 is 18.0 Å². The largest absolute Gasteiger partial charge is 0.493 e. The van der Waals surface area contributed by atoms with Gasteiger partial charge in [-0.05, 0) is 85.9 Å². The van der Waals surface area contributed by atoms with E-state index in [1.807, 2.05) is 67.7 Å². The van der Waals surface area contributed by atoms with Gasteiger partial charge in [0.05, 0.1) is 46.8 Å². The second kappa shape index (κ2) is 15.6. The second-order valence-corrected chi connectivity index (χ2v) is 13.8.